The van der Waals surface area contributed by atoms with Gasteiger partial charge in [0.1, 0.15) is 6.54 Å². The van der Waals surface area contributed by atoms with Gasteiger partial charge in [-0.2, -0.15) is 0 Å². The Kier molecular flexibility index (Phi) is 5.41. The SMILES string of the molecule is CC(C)CNC(=NCC(=O)N(C)C)N1CCc2ccccc21. The van der Waals surface area contributed by atoms with Crippen LogP contribution in [0.15, 0.2) is 29.3 Å². The number of hydrogen-bond donors (Lipinski definition) is 1. The van der Waals surface area contributed by atoms with Gasteiger partial charge in [0, 0.05) is 32.9 Å². The van der Waals surface area contributed by atoms with Gasteiger partial charge >= 0.3 is 0 Å². The van der Waals surface area contributed by atoms with Crippen LogP contribution < -0.4 is 10.2 Å². The van der Waals surface area contributed by atoms with Gasteiger partial charge in [-0.15, -0.1) is 0 Å². The van der Waals surface area contributed by atoms with Crippen molar-refractivity contribution in [2.24, 2.45) is 10.9 Å². The Morgan fingerprint density at radius 1 is 1.36 bits per heavy atom. The van der Waals surface area contributed by atoms with E-state index in [1.807, 2.05) is 6.07 Å². The largest absolute Gasteiger partial charge is 0.356 e. The fourth-order valence-electron chi connectivity index (χ4n) is 2.37. The standard InChI is InChI=1S/C17H26N4O/c1-13(2)11-18-17(19-12-16(22)20(3)4)21-10-9-14-7-5-6-8-15(14)21/h5-8,13H,9-12H2,1-4H3,(H,18,19). The summed E-state index contributed by atoms with van der Waals surface area (Å²) < 4.78 is 0. The van der Waals surface area contributed by atoms with Crippen LogP contribution in [0, 0.1) is 5.92 Å². The Morgan fingerprint density at radius 2 is 2.09 bits per heavy atom. The van der Waals surface area contributed by atoms with Crippen LogP contribution in [0.2, 0.25) is 0 Å². The molecule has 0 aromatic heterocycles. The molecule has 1 aliphatic rings. The van der Waals surface area contributed by atoms with E-state index in [4.69, 9.17) is 0 Å². The molecule has 0 unspecified atom stereocenters. The highest BCUT2D eigenvalue weighted by Gasteiger charge is 2.23. The quantitative estimate of drug-likeness (QED) is 0.681. The highest BCUT2D eigenvalue weighted by molar-refractivity contribution is 5.99. The van der Waals surface area contributed by atoms with E-state index in [-0.39, 0.29) is 12.5 Å². The number of benzene rings is 1. The molecular formula is C17H26N4O. The molecule has 2 rings (SSSR count). The summed E-state index contributed by atoms with van der Waals surface area (Å²) in [6.45, 7) is 6.24. The van der Waals surface area contributed by atoms with Gasteiger partial charge in [0.15, 0.2) is 5.96 Å². The van der Waals surface area contributed by atoms with Gasteiger partial charge in [-0.25, -0.2) is 4.99 Å². The summed E-state index contributed by atoms with van der Waals surface area (Å²) in [6, 6.07) is 8.38. The Labute approximate surface area is 133 Å². The van der Waals surface area contributed by atoms with Crippen LogP contribution >= 0.6 is 0 Å². The molecule has 0 saturated carbocycles. The van der Waals surface area contributed by atoms with E-state index < -0.39 is 0 Å². The van der Waals surface area contributed by atoms with Crippen LogP contribution in [-0.4, -0.2) is 50.5 Å². The lowest BCUT2D eigenvalue weighted by molar-refractivity contribution is -0.127. The molecule has 1 heterocycles. The zero-order chi connectivity index (χ0) is 16.1. The van der Waals surface area contributed by atoms with Crippen molar-refractivity contribution in [2.75, 3.05) is 38.6 Å². The number of carbonyl (C=O) groups excluding carboxylic acids is 1. The van der Waals surface area contributed by atoms with Gasteiger partial charge in [0.25, 0.3) is 0 Å². The van der Waals surface area contributed by atoms with Crippen molar-refractivity contribution in [3.63, 3.8) is 0 Å². The molecule has 1 aliphatic heterocycles. The molecule has 5 nitrogen and oxygen atoms in total. The predicted molar refractivity (Wildman–Crippen MR) is 91.3 cm³/mol. The number of amides is 1. The number of nitrogens with one attached hydrogen (secondary N) is 1. The molecule has 0 fully saturated rings. The molecule has 0 bridgehead atoms. The first-order valence-corrected chi connectivity index (χ1v) is 7.83. The Bertz CT molecular complexity index is 551. The molecule has 1 amide bonds. The van der Waals surface area contributed by atoms with E-state index in [0.717, 1.165) is 25.5 Å². The van der Waals surface area contributed by atoms with Gasteiger partial charge in [-0.1, -0.05) is 32.0 Å². The molecule has 5 heteroatoms. The second-order valence-electron chi connectivity index (χ2n) is 6.23. The summed E-state index contributed by atoms with van der Waals surface area (Å²) in [4.78, 5) is 20.1. The van der Waals surface area contributed by atoms with E-state index in [1.54, 1.807) is 19.0 Å². The molecule has 0 radical (unpaired) electrons. The van der Waals surface area contributed by atoms with Crippen LogP contribution in [0.25, 0.3) is 0 Å². The summed E-state index contributed by atoms with van der Waals surface area (Å²) >= 11 is 0. The summed E-state index contributed by atoms with van der Waals surface area (Å²) in [6.07, 6.45) is 1.01. The van der Waals surface area contributed by atoms with Crippen LogP contribution in [-0.2, 0) is 11.2 Å². The van der Waals surface area contributed by atoms with Gasteiger partial charge in [0.05, 0.1) is 0 Å². The number of anilines is 1. The molecule has 1 aromatic rings. The molecule has 1 aromatic carbocycles. The monoisotopic (exact) mass is 302 g/mol. The summed E-state index contributed by atoms with van der Waals surface area (Å²) in [5.41, 5.74) is 2.52. The van der Waals surface area contributed by atoms with Crippen LogP contribution in [0.5, 0.6) is 0 Å². The number of rotatable bonds is 4. The van der Waals surface area contributed by atoms with E-state index in [0.29, 0.717) is 5.92 Å². The van der Waals surface area contributed by atoms with Crippen molar-refractivity contribution in [3.05, 3.63) is 29.8 Å². The molecule has 0 spiro atoms. The predicted octanol–water partition coefficient (Wildman–Crippen LogP) is 1.74. The van der Waals surface area contributed by atoms with E-state index in [9.17, 15) is 4.79 Å². The summed E-state index contributed by atoms with van der Waals surface area (Å²) in [5, 5.41) is 3.40. The van der Waals surface area contributed by atoms with Crippen molar-refractivity contribution in [1.82, 2.24) is 10.2 Å². The lowest BCUT2D eigenvalue weighted by atomic mass is 10.2. The van der Waals surface area contributed by atoms with Crippen LogP contribution in [0.4, 0.5) is 5.69 Å². The lowest BCUT2D eigenvalue weighted by Gasteiger charge is -2.23. The zero-order valence-corrected chi connectivity index (χ0v) is 14.0. The lowest BCUT2D eigenvalue weighted by Crippen LogP contribution is -2.42. The number of para-hydroxylation sites is 1. The highest BCUT2D eigenvalue weighted by atomic mass is 16.2. The van der Waals surface area contributed by atoms with Crippen molar-refractivity contribution < 1.29 is 4.79 Å². The van der Waals surface area contributed by atoms with Gasteiger partial charge < -0.3 is 15.1 Å². The Hall–Kier alpha value is -2.04. The number of fused-ring (bicyclic) bond motifs is 1. The van der Waals surface area contributed by atoms with E-state index in [1.165, 1.54) is 11.3 Å². The third kappa shape index (κ3) is 4.00. The molecular weight excluding hydrogens is 276 g/mol. The maximum Gasteiger partial charge on any atom is 0.243 e. The average molecular weight is 302 g/mol. The Morgan fingerprint density at radius 3 is 2.77 bits per heavy atom. The maximum atomic E-state index is 11.8. The minimum atomic E-state index is 0.0105. The summed E-state index contributed by atoms with van der Waals surface area (Å²) in [7, 11) is 3.51. The van der Waals surface area contributed by atoms with Gasteiger partial charge in [-0.3, -0.25) is 4.79 Å². The topological polar surface area (TPSA) is 47.9 Å². The highest BCUT2D eigenvalue weighted by Crippen LogP contribution is 2.27. The number of aliphatic imine (C=N–C) groups is 1. The first-order valence-electron chi connectivity index (χ1n) is 7.83. The molecule has 0 atom stereocenters. The third-order valence-corrected chi connectivity index (χ3v) is 3.67. The first kappa shape index (κ1) is 16.3. The van der Waals surface area contributed by atoms with E-state index >= 15 is 0 Å². The number of carbonyl (C=O) groups is 1. The molecule has 1 N–H and O–H groups in total. The summed E-state index contributed by atoms with van der Waals surface area (Å²) in [5.74, 6) is 1.33. The minimum absolute atomic E-state index is 0.0105. The minimum Gasteiger partial charge on any atom is -0.356 e. The zero-order valence-electron chi connectivity index (χ0n) is 14.0. The van der Waals surface area contributed by atoms with Crippen molar-refractivity contribution >= 4 is 17.6 Å². The second kappa shape index (κ2) is 7.29. The second-order valence-corrected chi connectivity index (χ2v) is 6.23. The number of hydrogen-bond acceptors (Lipinski definition) is 2. The number of likely N-dealkylation sites (N-methyl/N-ethyl adjacent to an activating group) is 1. The molecule has 120 valence electrons. The molecule has 0 saturated heterocycles. The van der Waals surface area contributed by atoms with Crippen LogP contribution in [0.3, 0.4) is 0 Å². The fraction of sp³-hybridized carbons (Fsp3) is 0.529. The number of nitrogens with zero attached hydrogens (tertiary/aromatic N) is 3. The average Bonchev–Trinajstić information content (AvgIpc) is 2.90. The molecule has 0 aliphatic carbocycles. The van der Waals surface area contributed by atoms with E-state index in [2.05, 4.69) is 47.3 Å². The van der Waals surface area contributed by atoms with Crippen molar-refractivity contribution in [2.45, 2.75) is 20.3 Å². The van der Waals surface area contributed by atoms with Crippen molar-refractivity contribution in [1.29, 1.82) is 0 Å². The normalized spacial score (nSPS) is 14.2. The third-order valence-electron chi connectivity index (χ3n) is 3.67. The van der Waals surface area contributed by atoms with Crippen molar-refractivity contribution in [3.8, 4) is 0 Å². The fourth-order valence-corrected chi connectivity index (χ4v) is 2.37. The maximum absolute atomic E-state index is 11.8. The van der Waals surface area contributed by atoms with Crippen LogP contribution in [0.1, 0.15) is 19.4 Å². The Balaban J connectivity index is 2.18. The first-order chi connectivity index (χ1) is 10.5. The smallest absolute Gasteiger partial charge is 0.243 e. The molecule has 22 heavy (non-hydrogen) atoms. The van der Waals surface area contributed by atoms with Gasteiger partial charge in [0.2, 0.25) is 5.91 Å². The number of guanidine groups is 1. The van der Waals surface area contributed by atoms with Gasteiger partial charge in [-0.05, 0) is 24.0 Å².